The van der Waals surface area contributed by atoms with Gasteiger partial charge >= 0.3 is 0 Å². The number of benzene rings is 4. The summed E-state index contributed by atoms with van der Waals surface area (Å²) in [5, 5.41) is 4.32. The Bertz CT molecular complexity index is 2210. The third-order valence-corrected chi connectivity index (χ3v) is 8.54. The molecule has 0 amide bonds. The second-order valence-electron chi connectivity index (χ2n) is 12.3. The fraction of sp³-hybridized carbons (Fsp3) is 0.150. The number of hydrogen-bond acceptors (Lipinski definition) is 5. The maximum atomic E-state index is 6.51. The molecule has 0 bridgehead atoms. The van der Waals surface area contributed by atoms with E-state index in [1.54, 1.807) is 0 Å². The molecule has 0 atom stereocenters. The molecule has 0 fully saturated rings. The molecule has 8 aromatic rings. The van der Waals surface area contributed by atoms with Crippen molar-refractivity contribution in [3.8, 4) is 34.3 Å². The number of nitrogens with zero attached hydrogens (tertiary/aromatic N) is 2. The number of para-hydroxylation sites is 2. The van der Waals surface area contributed by atoms with E-state index in [1.807, 2.05) is 60.7 Å². The first-order valence-electron chi connectivity index (χ1n) is 15.4. The number of rotatable bonds is 6. The first-order valence-corrected chi connectivity index (χ1v) is 15.4. The maximum Gasteiger partial charge on any atom is 0.222 e. The van der Waals surface area contributed by atoms with Crippen molar-refractivity contribution >= 4 is 43.9 Å². The minimum absolute atomic E-state index is 0.287. The van der Waals surface area contributed by atoms with Gasteiger partial charge in [0.1, 0.15) is 22.3 Å². The Morgan fingerprint density at radius 1 is 0.467 bits per heavy atom. The highest BCUT2D eigenvalue weighted by Gasteiger charge is 2.16. The van der Waals surface area contributed by atoms with Crippen LogP contribution in [0.4, 0.5) is 0 Å². The molecule has 4 aromatic carbocycles. The summed E-state index contributed by atoms with van der Waals surface area (Å²) in [6.45, 7) is 8.73. The predicted octanol–water partition coefficient (Wildman–Crippen LogP) is 11.6. The molecule has 45 heavy (non-hydrogen) atoms. The molecule has 220 valence electrons. The second kappa shape index (κ2) is 10.6. The van der Waals surface area contributed by atoms with Gasteiger partial charge in [0, 0.05) is 44.8 Å². The monoisotopic (exact) mass is 588 g/mol. The van der Waals surface area contributed by atoms with Gasteiger partial charge in [0.25, 0.3) is 0 Å². The van der Waals surface area contributed by atoms with Crippen molar-refractivity contribution in [3.63, 3.8) is 0 Å². The molecular formula is C40H32N2O3. The van der Waals surface area contributed by atoms with Crippen LogP contribution in [0.25, 0.3) is 66.4 Å². The van der Waals surface area contributed by atoms with Crippen LogP contribution in [0.15, 0.2) is 118 Å². The topological polar surface area (TPSA) is 61.3 Å². The highest BCUT2D eigenvalue weighted by molar-refractivity contribution is 6.07. The largest absolute Gasteiger partial charge is 0.456 e. The van der Waals surface area contributed by atoms with Crippen molar-refractivity contribution in [3.05, 3.63) is 120 Å². The molecule has 5 heteroatoms. The summed E-state index contributed by atoms with van der Waals surface area (Å²) in [5.74, 6) is 1.61. The summed E-state index contributed by atoms with van der Waals surface area (Å²) in [7, 11) is 0. The van der Waals surface area contributed by atoms with Crippen LogP contribution in [-0.2, 0) is 0 Å². The minimum atomic E-state index is 0.287. The van der Waals surface area contributed by atoms with Crippen LogP contribution in [0.5, 0.6) is 11.8 Å². The Hall–Kier alpha value is -5.42. The third-order valence-electron chi connectivity index (χ3n) is 8.54. The van der Waals surface area contributed by atoms with E-state index in [0.717, 1.165) is 77.5 Å². The molecule has 5 nitrogen and oxygen atoms in total. The SMILES string of the molecule is CC(C)c1cc(Oc2cc(C(C)C)cc(-c3ccc4oc5ccccc5c4c3)n2)nc(-c2ccc3oc4ccccc4c3c2)c1. The molecule has 0 unspecified atom stereocenters. The second-order valence-corrected chi connectivity index (χ2v) is 12.3. The molecule has 0 radical (unpaired) electrons. The summed E-state index contributed by atoms with van der Waals surface area (Å²) in [6.07, 6.45) is 0. The zero-order chi connectivity index (χ0) is 30.7. The molecule has 0 spiro atoms. The molecule has 4 heterocycles. The molecule has 0 N–H and O–H groups in total. The molecule has 0 saturated heterocycles. The van der Waals surface area contributed by atoms with Gasteiger partial charge < -0.3 is 13.6 Å². The number of pyridine rings is 2. The van der Waals surface area contributed by atoms with E-state index in [4.69, 9.17) is 23.5 Å². The van der Waals surface area contributed by atoms with E-state index in [2.05, 4.69) is 76.2 Å². The van der Waals surface area contributed by atoms with Gasteiger partial charge in [-0.05, 0) is 83.6 Å². The van der Waals surface area contributed by atoms with E-state index in [1.165, 1.54) is 0 Å². The predicted molar refractivity (Wildman–Crippen MR) is 182 cm³/mol. The lowest BCUT2D eigenvalue weighted by molar-refractivity contribution is 0.443. The Balaban J connectivity index is 1.21. The average Bonchev–Trinajstić information content (AvgIpc) is 3.62. The molecule has 8 rings (SSSR count). The summed E-state index contributed by atoms with van der Waals surface area (Å²) in [4.78, 5) is 9.98. The van der Waals surface area contributed by atoms with E-state index in [0.29, 0.717) is 11.8 Å². The third kappa shape index (κ3) is 4.91. The van der Waals surface area contributed by atoms with Crippen LogP contribution in [-0.4, -0.2) is 9.97 Å². The average molecular weight is 589 g/mol. The Kier molecular flexibility index (Phi) is 6.42. The lowest BCUT2D eigenvalue weighted by Gasteiger charge is -2.14. The Morgan fingerprint density at radius 3 is 1.33 bits per heavy atom. The van der Waals surface area contributed by atoms with Crippen LogP contribution in [0.3, 0.4) is 0 Å². The van der Waals surface area contributed by atoms with Gasteiger partial charge in [-0.1, -0.05) is 64.1 Å². The fourth-order valence-corrected chi connectivity index (χ4v) is 6.00. The van der Waals surface area contributed by atoms with Crippen molar-refractivity contribution in [2.24, 2.45) is 0 Å². The Labute approximate surface area is 261 Å². The van der Waals surface area contributed by atoms with Gasteiger partial charge in [0.15, 0.2) is 0 Å². The van der Waals surface area contributed by atoms with Gasteiger partial charge in [-0.15, -0.1) is 0 Å². The van der Waals surface area contributed by atoms with Crippen LogP contribution in [0, 0.1) is 0 Å². The van der Waals surface area contributed by atoms with Crippen molar-refractivity contribution in [2.45, 2.75) is 39.5 Å². The maximum absolute atomic E-state index is 6.51. The molecule has 0 aliphatic carbocycles. The van der Waals surface area contributed by atoms with Crippen LogP contribution < -0.4 is 4.74 Å². The standard InChI is InChI=1S/C40H32N2O3/c1-23(2)27-19-33(25-13-15-37-31(17-25)29-9-5-7-11-35(29)43-37)41-39(21-27)45-40-22-28(24(3)4)20-34(42-40)26-14-16-38-32(18-26)30-10-6-8-12-36(30)44-38/h5-24H,1-4H3. The van der Waals surface area contributed by atoms with Crippen molar-refractivity contribution in [2.75, 3.05) is 0 Å². The van der Waals surface area contributed by atoms with Crippen LogP contribution in [0.1, 0.15) is 50.7 Å². The van der Waals surface area contributed by atoms with Crippen LogP contribution in [0.2, 0.25) is 0 Å². The minimum Gasteiger partial charge on any atom is -0.456 e. The highest BCUT2D eigenvalue weighted by Crippen LogP contribution is 2.36. The summed E-state index contributed by atoms with van der Waals surface area (Å²) in [6, 6.07) is 37.1. The number of furan rings is 2. The first kappa shape index (κ1) is 27.2. The van der Waals surface area contributed by atoms with Crippen molar-refractivity contribution < 1.29 is 13.6 Å². The molecule has 4 aromatic heterocycles. The lowest BCUT2D eigenvalue weighted by Crippen LogP contribution is -1.99. The number of hydrogen-bond donors (Lipinski definition) is 0. The van der Waals surface area contributed by atoms with E-state index >= 15 is 0 Å². The van der Waals surface area contributed by atoms with Gasteiger partial charge in [0.05, 0.1) is 11.4 Å². The van der Waals surface area contributed by atoms with E-state index in [-0.39, 0.29) is 11.8 Å². The van der Waals surface area contributed by atoms with E-state index in [9.17, 15) is 0 Å². The molecule has 0 aliphatic rings. The van der Waals surface area contributed by atoms with Gasteiger partial charge in [-0.2, -0.15) is 0 Å². The number of ether oxygens (including phenoxy) is 1. The van der Waals surface area contributed by atoms with Crippen LogP contribution >= 0.6 is 0 Å². The van der Waals surface area contributed by atoms with Crippen molar-refractivity contribution in [1.82, 2.24) is 9.97 Å². The molecular weight excluding hydrogens is 556 g/mol. The van der Waals surface area contributed by atoms with Gasteiger partial charge in [-0.25, -0.2) is 9.97 Å². The lowest BCUT2D eigenvalue weighted by atomic mass is 10.00. The highest BCUT2D eigenvalue weighted by atomic mass is 16.5. The number of aromatic nitrogens is 2. The summed E-state index contributed by atoms with van der Waals surface area (Å²) in [5.41, 5.74) is 9.48. The normalized spacial score (nSPS) is 12.0. The quantitative estimate of drug-likeness (QED) is 0.193. The smallest absolute Gasteiger partial charge is 0.222 e. The van der Waals surface area contributed by atoms with Gasteiger partial charge in [0.2, 0.25) is 11.8 Å². The van der Waals surface area contributed by atoms with Gasteiger partial charge in [-0.3, -0.25) is 0 Å². The first-order chi connectivity index (χ1) is 21.9. The zero-order valence-electron chi connectivity index (χ0n) is 25.7. The summed E-state index contributed by atoms with van der Waals surface area (Å²) >= 11 is 0. The molecule has 0 aliphatic heterocycles. The Morgan fingerprint density at radius 2 is 0.889 bits per heavy atom. The van der Waals surface area contributed by atoms with E-state index < -0.39 is 0 Å². The van der Waals surface area contributed by atoms with Crippen molar-refractivity contribution in [1.29, 1.82) is 0 Å². The summed E-state index contributed by atoms with van der Waals surface area (Å²) < 4.78 is 18.6. The zero-order valence-corrected chi connectivity index (χ0v) is 25.7. The number of fused-ring (bicyclic) bond motifs is 6. The molecule has 0 saturated carbocycles. The fourth-order valence-electron chi connectivity index (χ4n) is 6.00.